The van der Waals surface area contributed by atoms with Gasteiger partial charge in [-0.15, -0.1) is 0 Å². The average Bonchev–Trinajstić information content (AvgIpc) is 2.57. The van der Waals surface area contributed by atoms with Gasteiger partial charge in [0.2, 0.25) is 0 Å². The number of aliphatic carboxylic acids is 1. The highest BCUT2D eigenvalue weighted by atomic mass is 16.4. The molecule has 94 valence electrons. The number of carbonyl (C=O) groups is 2. The number of benzene rings is 1. The zero-order chi connectivity index (χ0) is 13.3. The van der Waals surface area contributed by atoms with E-state index < -0.39 is 11.9 Å². The number of aryl methyl sites for hydroxylation is 1. The summed E-state index contributed by atoms with van der Waals surface area (Å²) in [6.07, 6.45) is -0.212. The second-order valence-corrected chi connectivity index (χ2v) is 4.33. The van der Waals surface area contributed by atoms with Crippen molar-refractivity contribution in [2.75, 3.05) is 5.01 Å². The Morgan fingerprint density at radius 3 is 2.67 bits per heavy atom. The van der Waals surface area contributed by atoms with Crippen LogP contribution in [0.1, 0.15) is 18.9 Å². The smallest absolute Gasteiger partial charge is 0.304 e. The molecule has 1 amide bonds. The van der Waals surface area contributed by atoms with E-state index in [9.17, 15) is 9.59 Å². The SMILES string of the molecule is CC1=NN(c2ccccc2C)C(=O)C1CC(=O)O. The second kappa shape index (κ2) is 4.60. The molecule has 1 aliphatic rings. The van der Waals surface area contributed by atoms with Gasteiger partial charge in [-0.1, -0.05) is 18.2 Å². The molecule has 1 atom stereocenters. The minimum absolute atomic E-state index is 0.212. The lowest BCUT2D eigenvalue weighted by Crippen LogP contribution is -2.29. The predicted octanol–water partition coefficient (Wildman–Crippen LogP) is 1.81. The Bertz CT molecular complexity index is 537. The van der Waals surface area contributed by atoms with Crippen LogP contribution in [0.25, 0.3) is 0 Å². The third kappa shape index (κ3) is 2.11. The predicted molar refractivity (Wildman–Crippen MR) is 67.5 cm³/mol. The highest BCUT2D eigenvalue weighted by Gasteiger charge is 2.36. The molecule has 0 bridgehead atoms. The van der Waals surface area contributed by atoms with Gasteiger partial charge in [-0.3, -0.25) is 9.59 Å². The number of rotatable bonds is 3. The van der Waals surface area contributed by atoms with Crippen molar-refractivity contribution in [1.29, 1.82) is 0 Å². The molecule has 0 fully saturated rings. The molecular weight excluding hydrogens is 232 g/mol. The van der Waals surface area contributed by atoms with E-state index in [1.165, 1.54) is 5.01 Å². The second-order valence-electron chi connectivity index (χ2n) is 4.33. The zero-order valence-electron chi connectivity index (χ0n) is 10.3. The van der Waals surface area contributed by atoms with E-state index in [1.807, 2.05) is 25.1 Å². The van der Waals surface area contributed by atoms with Gasteiger partial charge in [0.25, 0.3) is 5.91 Å². The van der Waals surface area contributed by atoms with Crippen LogP contribution < -0.4 is 5.01 Å². The number of amides is 1. The normalized spacial score (nSPS) is 19.0. The van der Waals surface area contributed by atoms with Crippen LogP contribution in [0.4, 0.5) is 5.69 Å². The molecule has 0 radical (unpaired) electrons. The third-order valence-corrected chi connectivity index (χ3v) is 2.99. The van der Waals surface area contributed by atoms with Gasteiger partial charge in [-0.05, 0) is 25.5 Å². The van der Waals surface area contributed by atoms with Gasteiger partial charge in [0, 0.05) is 5.71 Å². The Labute approximate surface area is 105 Å². The highest BCUT2D eigenvalue weighted by molar-refractivity contribution is 6.16. The van der Waals surface area contributed by atoms with E-state index in [0.717, 1.165) is 5.56 Å². The Kier molecular flexibility index (Phi) is 3.14. The summed E-state index contributed by atoms with van der Waals surface area (Å²) in [6.45, 7) is 3.57. The number of para-hydroxylation sites is 1. The molecule has 0 aliphatic carbocycles. The lowest BCUT2D eigenvalue weighted by atomic mass is 10.0. The van der Waals surface area contributed by atoms with Crippen LogP contribution in [-0.4, -0.2) is 22.7 Å². The van der Waals surface area contributed by atoms with Crippen molar-refractivity contribution in [2.24, 2.45) is 11.0 Å². The molecule has 1 N–H and O–H groups in total. The number of carbonyl (C=O) groups excluding carboxylic acids is 1. The topological polar surface area (TPSA) is 70.0 Å². The first-order valence-electron chi connectivity index (χ1n) is 5.67. The summed E-state index contributed by atoms with van der Waals surface area (Å²) < 4.78 is 0. The Hall–Kier alpha value is -2.17. The van der Waals surface area contributed by atoms with Crippen LogP contribution in [0.15, 0.2) is 29.4 Å². The first-order chi connectivity index (χ1) is 8.50. The van der Waals surface area contributed by atoms with Crippen molar-refractivity contribution in [3.8, 4) is 0 Å². The maximum absolute atomic E-state index is 12.2. The summed E-state index contributed by atoms with van der Waals surface area (Å²) in [7, 11) is 0. The van der Waals surface area contributed by atoms with Crippen molar-refractivity contribution >= 4 is 23.3 Å². The summed E-state index contributed by atoms with van der Waals surface area (Å²) in [6, 6.07) is 7.39. The van der Waals surface area contributed by atoms with Gasteiger partial charge in [0.1, 0.15) is 0 Å². The van der Waals surface area contributed by atoms with Crippen LogP contribution in [0.2, 0.25) is 0 Å². The number of hydrazone groups is 1. The number of hydrogen-bond donors (Lipinski definition) is 1. The molecule has 2 rings (SSSR count). The van der Waals surface area contributed by atoms with Crippen molar-refractivity contribution in [3.63, 3.8) is 0 Å². The molecule has 5 heteroatoms. The standard InChI is InChI=1S/C13H14N2O3/c1-8-5-3-4-6-11(8)15-13(18)10(7-12(16)17)9(2)14-15/h3-6,10H,7H2,1-2H3,(H,16,17). The van der Waals surface area contributed by atoms with E-state index in [-0.39, 0.29) is 12.3 Å². The number of anilines is 1. The van der Waals surface area contributed by atoms with Gasteiger partial charge < -0.3 is 5.11 Å². The van der Waals surface area contributed by atoms with E-state index >= 15 is 0 Å². The quantitative estimate of drug-likeness (QED) is 0.884. The molecule has 0 spiro atoms. The van der Waals surface area contributed by atoms with Gasteiger partial charge >= 0.3 is 5.97 Å². The van der Waals surface area contributed by atoms with Crippen molar-refractivity contribution in [3.05, 3.63) is 29.8 Å². The van der Waals surface area contributed by atoms with Crippen molar-refractivity contribution < 1.29 is 14.7 Å². The first kappa shape index (κ1) is 12.3. The fraction of sp³-hybridized carbons (Fsp3) is 0.308. The van der Waals surface area contributed by atoms with Gasteiger partial charge in [0.15, 0.2) is 0 Å². The lowest BCUT2D eigenvalue weighted by molar-refractivity contribution is -0.139. The summed E-state index contributed by atoms with van der Waals surface area (Å²) in [4.78, 5) is 22.9. The maximum Gasteiger partial charge on any atom is 0.304 e. The largest absolute Gasteiger partial charge is 0.481 e. The molecule has 0 aromatic heterocycles. The van der Waals surface area contributed by atoms with E-state index in [2.05, 4.69) is 5.10 Å². The summed E-state index contributed by atoms with van der Waals surface area (Å²) in [5.41, 5.74) is 2.18. The molecule has 1 unspecified atom stereocenters. The van der Waals surface area contributed by atoms with E-state index in [4.69, 9.17) is 5.11 Å². The fourth-order valence-corrected chi connectivity index (χ4v) is 1.99. The Morgan fingerprint density at radius 2 is 2.06 bits per heavy atom. The zero-order valence-corrected chi connectivity index (χ0v) is 10.3. The Balaban J connectivity index is 2.31. The van der Waals surface area contributed by atoms with Gasteiger partial charge in [0.05, 0.1) is 18.0 Å². The fourth-order valence-electron chi connectivity index (χ4n) is 1.99. The van der Waals surface area contributed by atoms with Crippen molar-refractivity contribution in [1.82, 2.24) is 0 Å². The highest BCUT2D eigenvalue weighted by Crippen LogP contribution is 2.27. The number of hydrogen-bond acceptors (Lipinski definition) is 3. The summed E-state index contributed by atoms with van der Waals surface area (Å²) in [5.74, 6) is -1.92. The molecule has 1 aromatic carbocycles. The molecule has 5 nitrogen and oxygen atoms in total. The number of carboxylic acid groups (broad SMARTS) is 1. The van der Waals surface area contributed by atoms with Crippen molar-refractivity contribution in [2.45, 2.75) is 20.3 Å². The van der Waals surface area contributed by atoms with Crippen LogP contribution >= 0.6 is 0 Å². The molecule has 0 saturated carbocycles. The molecule has 1 heterocycles. The van der Waals surface area contributed by atoms with Gasteiger partial charge in [-0.2, -0.15) is 10.1 Å². The Morgan fingerprint density at radius 1 is 1.39 bits per heavy atom. The lowest BCUT2D eigenvalue weighted by Gasteiger charge is -2.15. The molecular formula is C13H14N2O3. The summed E-state index contributed by atoms with van der Waals surface area (Å²) >= 11 is 0. The molecule has 1 aromatic rings. The first-order valence-corrected chi connectivity index (χ1v) is 5.67. The van der Waals surface area contributed by atoms with E-state index in [0.29, 0.717) is 11.4 Å². The van der Waals surface area contributed by atoms with Crippen LogP contribution in [0.5, 0.6) is 0 Å². The molecule has 0 saturated heterocycles. The average molecular weight is 246 g/mol. The molecule has 18 heavy (non-hydrogen) atoms. The number of carboxylic acids is 1. The molecule has 1 aliphatic heterocycles. The number of nitrogens with zero attached hydrogens (tertiary/aromatic N) is 2. The van der Waals surface area contributed by atoms with Crippen LogP contribution in [0, 0.1) is 12.8 Å². The minimum Gasteiger partial charge on any atom is -0.481 e. The van der Waals surface area contributed by atoms with E-state index in [1.54, 1.807) is 13.0 Å². The van der Waals surface area contributed by atoms with Crippen LogP contribution in [0.3, 0.4) is 0 Å². The third-order valence-electron chi connectivity index (χ3n) is 2.99. The van der Waals surface area contributed by atoms with Crippen LogP contribution in [-0.2, 0) is 9.59 Å². The van der Waals surface area contributed by atoms with Gasteiger partial charge in [-0.25, -0.2) is 0 Å². The minimum atomic E-state index is -0.991. The maximum atomic E-state index is 12.2. The summed E-state index contributed by atoms with van der Waals surface area (Å²) in [5, 5.41) is 14.3. The monoisotopic (exact) mass is 246 g/mol.